The van der Waals surface area contributed by atoms with E-state index < -0.39 is 17.6 Å². The first-order valence-corrected chi connectivity index (χ1v) is 7.34. The zero-order valence-corrected chi connectivity index (χ0v) is 9.26. The van der Waals surface area contributed by atoms with E-state index in [2.05, 4.69) is 0 Å². The number of hydrogen-bond donors (Lipinski definition) is 3. The van der Waals surface area contributed by atoms with Crippen LogP contribution in [0.2, 0.25) is 0 Å². The molecule has 0 aromatic rings. The molecule has 61 valence electrons. The summed E-state index contributed by atoms with van der Waals surface area (Å²) in [5, 5.41) is 21.0. The molecule has 0 radical (unpaired) electrons. The fourth-order valence-corrected chi connectivity index (χ4v) is 0. The molecular weight excluding hydrogens is 248 g/mol. The molecule has 9 heavy (non-hydrogen) atoms. The first kappa shape index (κ1) is 22.5. The predicted molar refractivity (Wildman–Crippen MR) is 36.1 cm³/mol. The number of rotatable bonds is 0. The van der Waals surface area contributed by atoms with Crippen LogP contribution < -0.4 is 0 Å². The van der Waals surface area contributed by atoms with Gasteiger partial charge in [-0.1, -0.05) is 0 Å². The summed E-state index contributed by atoms with van der Waals surface area (Å²) < 4.78 is 0. The van der Waals surface area contributed by atoms with Gasteiger partial charge in [0.15, 0.2) is 0 Å². The maximum atomic E-state index is 7.00. The minimum absolute atomic E-state index is 0.706. The van der Waals surface area contributed by atoms with Crippen LogP contribution in [0.15, 0.2) is 0 Å². The van der Waals surface area contributed by atoms with Crippen LogP contribution in [0.3, 0.4) is 0 Å². The van der Waals surface area contributed by atoms with Crippen molar-refractivity contribution in [1.29, 1.82) is 0 Å². The van der Waals surface area contributed by atoms with Crippen LogP contribution in [0.1, 0.15) is 0 Å². The molecule has 0 aromatic carbocycles. The molecule has 0 saturated carbocycles. The Labute approximate surface area is 72.6 Å². The van der Waals surface area contributed by atoms with Crippen molar-refractivity contribution in [1.82, 2.24) is 0 Å². The van der Waals surface area contributed by atoms with E-state index in [0.717, 1.165) is 21.3 Å². The normalized spacial score (nSPS) is 3.56. The summed E-state index contributed by atoms with van der Waals surface area (Å²) >= 11 is -0.706. The summed E-state index contributed by atoms with van der Waals surface area (Å²) in [7, 11) is 12.8. The molecule has 0 aromatic heterocycles. The Kier molecular flexibility index (Phi) is 319. The van der Waals surface area contributed by atoms with Crippen LogP contribution in [0.5, 0.6) is 0 Å². The van der Waals surface area contributed by atoms with E-state index >= 15 is 0 Å². The van der Waals surface area contributed by atoms with Crippen molar-refractivity contribution in [2.24, 2.45) is 0 Å². The molecule has 6 heteroatoms. The van der Waals surface area contributed by atoms with E-state index in [4.69, 9.17) is 33.7 Å². The van der Waals surface area contributed by atoms with Gasteiger partial charge in [-0.3, -0.25) is 0 Å². The van der Waals surface area contributed by atoms with Crippen molar-refractivity contribution in [3.63, 3.8) is 0 Å². The number of aliphatic hydroxyl groups is 3. The van der Waals surface area contributed by atoms with Gasteiger partial charge in [-0.15, -0.1) is 0 Å². The number of halogens is 2. The Balaban J connectivity index is -0.0000000190. The third kappa shape index (κ3) is 331. The summed E-state index contributed by atoms with van der Waals surface area (Å²) in [5.41, 5.74) is 0. The second-order valence-corrected chi connectivity index (χ2v) is 3.40. The summed E-state index contributed by atoms with van der Waals surface area (Å²) in [5.74, 6) is 0. The quantitative estimate of drug-likeness (QED) is 0.545. The topological polar surface area (TPSA) is 60.7 Å². The Morgan fingerprint density at radius 2 is 0.778 bits per heavy atom. The third-order valence-corrected chi connectivity index (χ3v) is 0. The minimum atomic E-state index is -0.706. The van der Waals surface area contributed by atoms with Crippen molar-refractivity contribution >= 4 is 18.4 Å². The van der Waals surface area contributed by atoms with Gasteiger partial charge in [0.25, 0.3) is 0 Å². The number of aliphatic hydroxyl groups excluding tert-OH is 3. The van der Waals surface area contributed by atoms with Gasteiger partial charge < -0.3 is 15.3 Å². The summed E-state index contributed by atoms with van der Waals surface area (Å²) in [6.45, 7) is 0. The Bertz CT molecular complexity index is 17.0. The zero-order chi connectivity index (χ0) is 8.71. The van der Waals surface area contributed by atoms with Crippen LogP contribution in [-0.4, -0.2) is 36.6 Å². The molecule has 0 saturated heterocycles. The fourth-order valence-electron chi connectivity index (χ4n) is 0. The fraction of sp³-hybridized carbons (Fsp3) is 1.00. The molecule has 0 fully saturated rings. The second-order valence-electron chi connectivity index (χ2n) is 0.0639. The molecule has 0 spiro atoms. The Hall–Kier alpha value is 1.20. The summed E-state index contributed by atoms with van der Waals surface area (Å²) in [6, 6.07) is 0. The Morgan fingerprint density at radius 3 is 0.778 bits per heavy atom. The van der Waals surface area contributed by atoms with Gasteiger partial charge >= 0.3 is 36.0 Å². The van der Waals surface area contributed by atoms with Gasteiger partial charge in [0.2, 0.25) is 0 Å². The molecule has 3 N–H and O–H groups in total. The average molecular weight is 260 g/mol. The van der Waals surface area contributed by atoms with Gasteiger partial charge in [0, 0.05) is 21.3 Å². The van der Waals surface area contributed by atoms with Crippen LogP contribution in [-0.2, 0) is 17.6 Å². The molecule has 0 aliphatic carbocycles. The molecule has 0 rings (SSSR count). The van der Waals surface area contributed by atoms with Crippen LogP contribution in [0.4, 0.5) is 0 Å². The molecule has 0 unspecified atom stereocenters. The van der Waals surface area contributed by atoms with Crippen LogP contribution in [0, 0.1) is 0 Å². The maximum absolute atomic E-state index is 7.00. The van der Waals surface area contributed by atoms with Crippen LogP contribution >= 0.6 is 18.4 Å². The van der Waals surface area contributed by atoms with Gasteiger partial charge in [-0.05, 0) is 0 Å². The van der Waals surface area contributed by atoms with Gasteiger partial charge in [-0.2, -0.15) is 0 Å². The molecule has 0 aliphatic heterocycles. The van der Waals surface area contributed by atoms with Crippen molar-refractivity contribution in [2.45, 2.75) is 0 Å². The zero-order valence-electron chi connectivity index (χ0n) is 5.54. The third-order valence-electron chi connectivity index (χ3n) is 0. The molecule has 0 bridgehead atoms. The SMILES string of the molecule is CO.CO.CO.[Cl][Nb][Cl]. The molecule has 0 heterocycles. The second kappa shape index (κ2) is 128. The van der Waals surface area contributed by atoms with Crippen molar-refractivity contribution < 1.29 is 32.9 Å². The molecule has 0 amide bonds. The Morgan fingerprint density at radius 1 is 0.778 bits per heavy atom. The van der Waals surface area contributed by atoms with E-state index in [1.54, 1.807) is 0 Å². The summed E-state index contributed by atoms with van der Waals surface area (Å²) in [4.78, 5) is 0. The van der Waals surface area contributed by atoms with E-state index in [1.807, 2.05) is 0 Å². The molecule has 3 nitrogen and oxygen atoms in total. The van der Waals surface area contributed by atoms with E-state index in [-0.39, 0.29) is 0 Å². The molecular formula is C3H12Cl2NbO3. The van der Waals surface area contributed by atoms with Crippen molar-refractivity contribution in [3.05, 3.63) is 0 Å². The van der Waals surface area contributed by atoms with Crippen molar-refractivity contribution in [2.75, 3.05) is 21.3 Å². The van der Waals surface area contributed by atoms with Gasteiger partial charge in [0.1, 0.15) is 0 Å². The standard InChI is InChI=1S/3CH4O.2ClH.Nb/c3*1-2;;;/h3*2H,1H3;2*1H;/q;;;;;+2/p-2. The summed E-state index contributed by atoms with van der Waals surface area (Å²) in [6.07, 6.45) is 0. The van der Waals surface area contributed by atoms with Gasteiger partial charge in [-0.25, -0.2) is 0 Å². The molecule has 0 atom stereocenters. The van der Waals surface area contributed by atoms with E-state index in [1.165, 1.54) is 0 Å². The first-order chi connectivity index (χ1) is 4.41. The first-order valence-electron chi connectivity index (χ1n) is 1.68. The van der Waals surface area contributed by atoms with Crippen LogP contribution in [0.25, 0.3) is 0 Å². The average Bonchev–Trinajstić information content (AvgIpc) is 2.01. The predicted octanol–water partition coefficient (Wildman–Crippen LogP) is 0.202. The van der Waals surface area contributed by atoms with Crippen molar-refractivity contribution in [3.8, 4) is 0 Å². The monoisotopic (exact) mass is 259 g/mol. The number of hydrogen-bond acceptors (Lipinski definition) is 3. The molecule has 0 aliphatic rings. The van der Waals surface area contributed by atoms with Gasteiger partial charge in [0.05, 0.1) is 0 Å². The van der Waals surface area contributed by atoms with E-state index in [0.29, 0.717) is 0 Å². The van der Waals surface area contributed by atoms with E-state index in [9.17, 15) is 0 Å².